The lowest BCUT2D eigenvalue weighted by molar-refractivity contribution is -0.387. The van der Waals surface area contributed by atoms with Gasteiger partial charge in [0.25, 0.3) is 0 Å². The highest BCUT2D eigenvalue weighted by atomic mass is 32.2. The summed E-state index contributed by atoms with van der Waals surface area (Å²) in [7, 11) is -3.98. The minimum atomic E-state index is -3.98. The van der Waals surface area contributed by atoms with Crippen molar-refractivity contribution in [3.8, 4) is 0 Å². The van der Waals surface area contributed by atoms with Gasteiger partial charge in [-0.15, -0.1) is 0 Å². The Kier molecular flexibility index (Phi) is 4.10. The number of sulfonamides is 1. The minimum absolute atomic E-state index is 0.229. The average Bonchev–Trinajstić information content (AvgIpc) is 2.26. The third-order valence-electron chi connectivity index (χ3n) is 1.83. The quantitative estimate of drug-likeness (QED) is 0.574. The van der Waals surface area contributed by atoms with Crippen molar-refractivity contribution < 1.29 is 22.8 Å². The highest BCUT2D eigenvalue weighted by molar-refractivity contribution is 7.89. The van der Waals surface area contributed by atoms with Gasteiger partial charge >= 0.3 is 5.69 Å². The Morgan fingerprint density at radius 2 is 2.12 bits per heavy atom. The number of aliphatic hydroxyl groups excluding tert-OH is 1. The Morgan fingerprint density at radius 1 is 1.47 bits per heavy atom. The van der Waals surface area contributed by atoms with E-state index in [0.29, 0.717) is 12.1 Å². The van der Waals surface area contributed by atoms with Gasteiger partial charge in [-0.25, -0.2) is 13.1 Å². The number of halogens is 1. The first-order chi connectivity index (χ1) is 7.88. The molecule has 2 N–H and O–H groups in total. The number of hydrogen-bond donors (Lipinski definition) is 2. The summed E-state index contributed by atoms with van der Waals surface area (Å²) >= 11 is 0. The first kappa shape index (κ1) is 13.5. The maximum Gasteiger partial charge on any atom is 0.306 e. The second kappa shape index (κ2) is 5.17. The Hall–Kier alpha value is -1.58. The fourth-order valence-corrected chi connectivity index (χ4v) is 2.10. The maximum atomic E-state index is 13.0. The van der Waals surface area contributed by atoms with Crippen LogP contribution in [0.25, 0.3) is 0 Å². The van der Waals surface area contributed by atoms with Crippen LogP contribution in [0.2, 0.25) is 0 Å². The highest BCUT2D eigenvalue weighted by Gasteiger charge is 2.20. The molecule has 0 atom stereocenters. The molecule has 1 aromatic carbocycles. The molecule has 1 rings (SSSR count). The van der Waals surface area contributed by atoms with Gasteiger partial charge in [-0.2, -0.15) is 4.39 Å². The second-order valence-corrected chi connectivity index (χ2v) is 4.76. The monoisotopic (exact) mass is 264 g/mol. The summed E-state index contributed by atoms with van der Waals surface area (Å²) in [5, 5.41) is 18.9. The zero-order valence-corrected chi connectivity index (χ0v) is 9.28. The fraction of sp³-hybridized carbons (Fsp3) is 0.250. The summed E-state index contributed by atoms with van der Waals surface area (Å²) < 4.78 is 38.0. The van der Waals surface area contributed by atoms with Crippen LogP contribution in [0, 0.1) is 15.9 Å². The Balaban J connectivity index is 3.16. The van der Waals surface area contributed by atoms with E-state index in [1.54, 1.807) is 0 Å². The van der Waals surface area contributed by atoms with Crippen LogP contribution in [0.3, 0.4) is 0 Å². The lowest BCUT2D eigenvalue weighted by Crippen LogP contribution is -2.26. The van der Waals surface area contributed by atoms with Crippen LogP contribution in [-0.4, -0.2) is 31.6 Å². The molecule has 0 aliphatic rings. The number of nitrogens with one attached hydrogen (secondary N) is 1. The Labute approximate surface area is 96.1 Å². The van der Waals surface area contributed by atoms with E-state index in [0.717, 1.165) is 6.07 Å². The van der Waals surface area contributed by atoms with E-state index in [2.05, 4.69) is 0 Å². The summed E-state index contributed by atoms with van der Waals surface area (Å²) in [6.45, 7) is -0.643. The Morgan fingerprint density at radius 3 is 2.65 bits per heavy atom. The summed E-state index contributed by atoms with van der Waals surface area (Å²) in [6.07, 6.45) is 0. The molecule has 0 bridgehead atoms. The number of rotatable bonds is 5. The largest absolute Gasteiger partial charge is 0.395 e. The topological polar surface area (TPSA) is 110 Å². The fourth-order valence-electron chi connectivity index (χ4n) is 1.06. The zero-order valence-electron chi connectivity index (χ0n) is 8.46. The van der Waals surface area contributed by atoms with E-state index in [4.69, 9.17) is 5.11 Å². The van der Waals surface area contributed by atoms with Crippen LogP contribution < -0.4 is 4.72 Å². The van der Waals surface area contributed by atoms with Crippen molar-refractivity contribution in [2.45, 2.75) is 4.90 Å². The molecule has 0 aliphatic heterocycles. The molecule has 9 heteroatoms. The van der Waals surface area contributed by atoms with Crippen molar-refractivity contribution >= 4 is 15.7 Å². The predicted octanol–water partition coefficient (Wildman–Crippen LogP) is 0.00450. The van der Waals surface area contributed by atoms with Gasteiger partial charge in [-0.05, 0) is 12.1 Å². The smallest absolute Gasteiger partial charge is 0.306 e. The van der Waals surface area contributed by atoms with Gasteiger partial charge in [0.2, 0.25) is 15.8 Å². The molecular weight excluding hydrogens is 255 g/mol. The molecule has 0 spiro atoms. The van der Waals surface area contributed by atoms with E-state index in [1.807, 2.05) is 4.72 Å². The van der Waals surface area contributed by atoms with Crippen molar-refractivity contribution in [2.24, 2.45) is 0 Å². The summed E-state index contributed by atoms with van der Waals surface area (Å²) in [5.74, 6) is -1.11. The highest BCUT2D eigenvalue weighted by Crippen LogP contribution is 2.21. The van der Waals surface area contributed by atoms with Gasteiger partial charge in [0.15, 0.2) is 0 Å². The van der Waals surface area contributed by atoms with Crippen molar-refractivity contribution in [3.05, 3.63) is 34.1 Å². The number of nitro benzene ring substituents is 1. The Bertz CT molecular complexity index is 531. The third kappa shape index (κ3) is 3.19. The van der Waals surface area contributed by atoms with Gasteiger partial charge in [0.1, 0.15) is 0 Å². The predicted molar refractivity (Wildman–Crippen MR) is 55.3 cm³/mol. The molecule has 17 heavy (non-hydrogen) atoms. The minimum Gasteiger partial charge on any atom is -0.395 e. The number of aliphatic hydroxyl groups is 1. The van der Waals surface area contributed by atoms with Crippen molar-refractivity contribution in [1.29, 1.82) is 0 Å². The number of nitrogens with zero attached hydrogens (tertiary/aromatic N) is 1. The van der Waals surface area contributed by atoms with Crippen LogP contribution >= 0.6 is 0 Å². The molecular formula is C8H9FN2O5S. The van der Waals surface area contributed by atoms with E-state index < -0.39 is 38.0 Å². The van der Waals surface area contributed by atoms with Gasteiger partial charge in [0.05, 0.1) is 16.4 Å². The zero-order chi connectivity index (χ0) is 13.1. The maximum absolute atomic E-state index is 13.0. The van der Waals surface area contributed by atoms with Crippen LogP contribution in [-0.2, 0) is 10.0 Å². The third-order valence-corrected chi connectivity index (χ3v) is 3.29. The molecule has 94 valence electrons. The lowest BCUT2D eigenvalue weighted by Gasteiger charge is -2.05. The number of nitro groups is 1. The number of hydrogen-bond acceptors (Lipinski definition) is 5. The molecule has 0 radical (unpaired) electrons. The SMILES string of the molecule is O=[N+]([O-])c1cc(S(=O)(=O)NCCO)ccc1F. The van der Waals surface area contributed by atoms with Crippen molar-refractivity contribution in [1.82, 2.24) is 4.72 Å². The van der Waals surface area contributed by atoms with Crippen molar-refractivity contribution in [2.75, 3.05) is 13.2 Å². The van der Waals surface area contributed by atoms with Gasteiger partial charge < -0.3 is 5.11 Å². The van der Waals surface area contributed by atoms with E-state index in [-0.39, 0.29) is 6.54 Å². The van der Waals surface area contributed by atoms with Crippen LogP contribution in [0.15, 0.2) is 23.1 Å². The average molecular weight is 264 g/mol. The van der Waals surface area contributed by atoms with Gasteiger partial charge in [-0.1, -0.05) is 0 Å². The van der Waals surface area contributed by atoms with Gasteiger partial charge in [-0.3, -0.25) is 10.1 Å². The molecule has 0 heterocycles. The van der Waals surface area contributed by atoms with E-state index >= 15 is 0 Å². The van der Waals surface area contributed by atoms with Crippen LogP contribution in [0.4, 0.5) is 10.1 Å². The first-order valence-electron chi connectivity index (χ1n) is 4.43. The molecule has 0 saturated carbocycles. The molecule has 0 unspecified atom stereocenters. The molecule has 0 saturated heterocycles. The molecule has 0 aliphatic carbocycles. The van der Waals surface area contributed by atoms with Crippen LogP contribution in [0.5, 0.6) is 0 Å². The van der Waals surface area contributed by atoms with Crippen LogP contribution in [0.1, 0.15) is 0 Å². The summed E-state index contributed by atoms with van der Waals surface area (Å²) in [5.41, 5.74) is -0.920. The molecule has 0 fully saturated rings. The molecule has 0 aromatic heterocycles. The normalized spacial score (nSPS) is 11.4. The summed E-state index contributed by atoms with van der Waals surface area (Å²) in [4.78, 5) is 8.98. The molecule has 1 aromatic rings. The number of benzene rings is 1. The van der Waals surface area contributed by atoms with E-state index in [9.17, 15) is 22.9 Å². The molecule has 7 nitrogen and oxygen atoms in total. The van der Waals surface area contributed by atoms with Crippen molar-refractivity contribution in [3.63, 3.8) is 0 Å². The summed E-state index contributed by atoms with van der Waals surface area (Å²) in [6, 6.07) is 2.22. The van der Waals surface area contributed by atoms with Gasteiger partial charge in [0, 0.05) is 12.6 Å². The molecule has 0 amide bonds. The second-order valence-electron chi connectivity index (χ2n) is 2.99. The van der Waals surface area contributed by atoms with E-state index in [1.165, 1.54) is 0 Å². The standard InChI is InChI=1S/C8H9FN2O5S/c9-7-2-1-6(5-8(7)11(13)14)17(15,16)10-3-4-12/h1-2,5,10,12H,3-4H2. The first-order valence-corrected chi connectivity index (χ1v) is 5.91. The lowest BCUT2D eigenvalue weighted by atomic mass is 10.3.